The van der Waals surface area contributed by atoms with Gasteiger partial charge >= 0.3 is 5.97 Å². The summed E-state index contributed by atoms with van der Waals surface area (Å²) in [7, 11) is 0. The van der Waals surface area contributed by atoms with Gasteiger partial charge in [-0.2, -0.15) is 0 Å². The van der Waals surface area contributed by atoms with Crippen LogP contribution >= 0.6 is 11.6 Å². The van der Waals surface area contributed by atoms with Crippen molar-refractivity contribution in [3.8, 4) is 5.75 Å². The molecule has 2 fully saturated rings. The molecule has 0 amide bonds. The molecule has 1 aromatic heterocycles. The molecule has 0 bridgehead atoms. The molecule has 1 saturated heterocycles. The second-order valence-corrected chi connectivity index (χ2v) is 9.40. The van der Waals surface area contributed by atoms with Crippen LogP contribution in [0.1, 0.15) is 55.4 Å². The fraction of sp³-hybridized carbons (Fsp3) is 0.480. The van der Waals surface area contributed by atoms with Gasteiger partial charge in [-0.25, -0.2) is 4.85 Å². The Morgan fingerprint density at radius 3 is 2.41 bits per heavy atom. The molecule has 9 heteroatoms. The molecule has 1 aliphatic carbocycles. The van der Waals surface area contributed by atoms with Crippen LogP contribution in [0.25, 0.3) is 4.85 Å². The fourth-order valence-electron chi connectivity index (χ4n) is 4.66. The Balaban J connectivity index is 1.23. The summed E-state index contributed by atoms with van der Waals surface area (Å²) in [5.74, 6) is 0.592. The molecule has 1 N–H and O–H groups in total. The van der Waals surface area contributed by atoms with Crippen molar-refractivity contribution in [1.29, 1.82) is 0 Å². The van der Waals surface area contributed by atoms with E-state index in [0.29, 0.717) is 60.3 Å². The third-order valence-corrected chi connectivity index (χ3v) is 7.02. The van der Waals surface area contributed by atoms with E-state index in [1.54, 1.807) is 30.3 Å². The number of nitrogens with zero attached hydrogens (tertiary/aromatic N) is 4. The molecule has 0 radical (unpaired) electrons. The van der Waals surface area contributed by atoms with Gasteiger partial charge in [-0.3, -0.25) is 9.59 Å². The highest BCUT2D eigenvalue weighted by atomic mass is 35.5. The Labute approximate surface area is 203 Å². The summed E-state index contributed by atoms with van der Waals surface area (Å²) in [5, 5.41) is 17.9. The average Bonchev–Trinajstić information content (AvgIpc) is 2.85. The van der Waals surface area contributed by atoms with Gasteiger partial charge in [-0.1, -0.05) is 17.7 Å². The molecule has 34 heavy (non-hydrogen) atoms. The molecule has 0 unspecified atom stereocenters. The number of carboxylic acids is 1. The summed E-state index contributed by atoms with van der Waals surface area (Å²) in [6.07, 6.45) is 5.20. The Kier molecular flexibility index (Phi) is 7.63. The molecule has 0 atom stereocenters. The maximum atomic E-state index is 12.7. The van der Waals surface area contributed by atoms with Crippen molar-refractivity contribution in [3.05, 3.63) is 52.5 Å². The summed E-state index contributed by atoms with van der Waals surface area (Å²) >= 11 is 6.09. The van der Waals surface area contributed by atoms with E-state index in [2.05, 4.69) is 15.0 Å². The number of carbonyl (C=O) groups excluding carboxylic acids is 1. The third kappa shape index (κ3) is 5.84. The quantitative estimate of drug-likeness (QED) is 0.428. The lowest BCUT2D eigenvalue weighted by Gasteiger charge is -2.30. The van der Waals surface area contributed by atoms with Crippen LogP contribution < -0.4 is 9.64 Å². The Morgan fingerprint density at radius 2 is 1.82 bits per heavy atom. The van der Waals surface area contributed by atoms with Crippen molar-refractivity contribution >= 4 is 34.9 Å². The van der Waals surface area contributed by atoms with Gasteiger partial charge in [0.1, 0.15) is 11.4 Å². The minimum absolute atomic E-state index is 0.00508. The molecule has 2 aliphatic rings. The number of carboxylic acid groups (broad SMARTS) is 1. The molecular formula is C25H27ClN4O4. The van der Waals surface area contributed by atoms with E-state index in [0.717, 1.165) is 25.7 Å². The highest BCUT2D eigenvalue weighted by Gasteiger charge is 2.27. The number of hydrogen-bond donors (Lipinski definition) is 1. The van der Waals surface area contributed by atoms with E-state index in [1.807, 2.05) is 4.90 Å². The highest BCUT2D eigenvalue weighted by molar-refractivity contribution is 6.33. The number of piperidine rings is 1. The van der Waals surface area contributed by atoms with Crippen LogP contribution in [-0.2, 0) is 4.79 Å². The monoisotopic (exact) mass is 482 g/mol. The summed E-state index contributed by atoms with van der Waals surface area (Å²) < 4.78 is 6.03. The zero-order valence-corrected chi connectivity index (χ0v) is 19.6. The van der Waals surface area contributed by atoms with Crippen LogP contribution in [0.15, 0.2) is 30.3 Å². The van der Waals surface area contributed by atoms with Gasteiger partial charge in [-0.15, -0.1) is 10.2 Å². The molecule has 0 spiro atoms. The van der Waals surface area contributed by atoms with Gasteiger partial charge in [0.25, 0.3) is 0 Å². The number of anilines is 1. The molecule has 1 saturated carbocycles. The SMILES string of the molecule is [C-]#[N+]c1ccc(OC2CCC(CC(=O)c3ccc(N4CCC(C(=O)O)CC4)nn3)CC2)cc1Cl. The second-order valence-electron chi connectivity index (χ2n) is 8.99. The van der Waals surface area contributed by atoms with Gasteiger partial charge in [-0.05, 0) is 68.7 Å². The number of aromatic nitrogens is 2. The number of carbonyl (C=O) groups is 2. The Bertz CT molecular complexity index is 1070. The van der Waals surface area contributed by atoms with E-state index in [9.17, 15) is 9.59 Å². The van der Waals surface area contributed by atoms with Crippen molar-refractivity contribution in [2.75, 3.05) is 18.0 Å². The molecule has 8 nitrogen and oxygen atoms in total. The standard InChI is InChI=1S/C25H27ClN4O4/c1-27-21-7-6-19(15-20(21)26)34-18-4-2-16(3-5-18)14-23(31)22-8-9-24(29-28-22)30-12-10-17(11-13-30)25(32)33/h6-9,15-18H,2-5,10-14H2,(H,32,33). The van der Waals surface area contributed by atoms with Gasteiger partial charge in [0.2, 0.25) is 5.69 Å². The summed E-state index contributed by atoms with van der Waals surface area (Å²) in [4.78, 5) is 29.2. The topological polar surface area (TPSA) is 97.0 Å². The van der Waals surface area contributed by atoms with E-state index in [1.165, 1.54) is 0 Å². The smallest absolute Gasteiger partial charge is 0.306 e. The van der Waals surface area contributed by atoms with Gasteiger partial charge < -0.3 is 14.7 Å². The lowest BCUT2D eigenvalue weighted by molar-refractivity contribution is -0.142. The van der Waals surface area contributed by atoms with Crippen LogP contribution in [-0.4, -0.2) is 46.2 Å². The van der Waals surface area contributed by atoms with Crippen molar-refractivity contribution in [2.24, 2.45) is 11.8 Å². The van der Waals surface area contributed by atoms with E-state index >= 15 is 0 Å². The lowest BCUT2D eigenvalue weighted by atomic mass is 9.84. The first-order chi connectivity index (χ1) is 16.4. The number of benzene rings is 1. The maximum absolute atomic E-state index is 12.7. The lowest BCUT2D eigenvalue weighted by Crippen LogP contribution is -2.36. The van der Waals surface area contributed by atoms with Crippen molar-refractivity contribution in [1.82, 2.24) is 10.2 Å². The molecule has 1 aromatic carbocycles. The molecule has 4 rings (SSSR count). The van der Waals surface area contributed by atoms with Crippen LogP contribution in [0.3, 0.4) is 0 Å². The largest absolute Gasteiger partial charge is 0.490 e. The normalized spacial score (nSPS) is 21.0. The number of Topliss-reactive ketones (excluding diaryl/α,β-unsaturated/α-hetero) is 1. The fourth-order valence-corrected chi connectivity index (χ4v) is 4.88. The Hall–Kier alpha value is -3.18. The number of halogens is 1. The Morgan fingerprint density at radius 1 is 1.09 bits per heavy atom. The summed E-state index contributed by atoms with van der Waals surface area (Å²) in [6.45, 7) is 8.32. The number of ketones is 1. The third-order valence-electron chi connectivity index (χ3n) is 6.71. The molecule has 1 aliphatic heterocycles. The second kappa shape index (κ2) is 10.8. The zero-order valence-electron chi connectivity index (χ0n) is 18.8. The first-order valence-electron chi connectivity index (χ1n) is 11.6. The van der Waals surface area contributed by atoms with Gasteiger partial charge in [0, 0.05) is 19.5 Å². The van der Waals surface area contributed by atoms with Crippen molar-refractivity contribution in [2.45, 2.75) is 51.0 Å². The highest BCUT2D eigenvalue weighted by Crippen LogP contribution is 2.33. The number of hydrogen-bond acceptors (Lipinski definition) is 6. The van der Waals surface area contributed by atoms with Crippen LogP contribution in [0.4, 0.5) is 11.5 Å². The first-order valence-corrected chi connectivity index (χ1v) is 12.0. The van der Waals surface area contributed by atoms with E-state index < -0.39 is 5.97 Å². The number of rotatable bonds is 7. The van der Waals surface area contributed by atoms with Crippen LogP contribution in [0, 0.1) is 18.4 Å². The zero-order chi connectivity index (χ0) is 24.1. The molecule has 2 aromatic rings. The number of aliphatic carboxylic acids is 1. The predicted molar refractivity (Wildman–Crippen MR) is 128 cm³/mol. The minimum atomic E-state index is -0.744. The van der Waals surface area contributed by atoms with Gasteiger partial charge in [0.05, 0.1) is 23.6 Å². The first kappa shape index (κ1) is 24.0. The maximum Gasteiger partial charge on any atom is 0.306 e. The molecule has 178 valence electrons. The average molecular weight is 483 g/mol. The summed E-state index contributed by atoms with van der Waals surface area (Å²) in [5.41, 5.74) is 0.784. The summed E-state index contributed by atoms with van der Waals surface area (Å²) in [6, 6.07) is 8.64. The number of ether oxygens (including phenoxy) is 1. The predicted octanol–water partition coefficient (Wildman–Crippen LogP) is 5.19. The van der Waals surface area contributed by atoms with Crippen molar-refractivity contribution in [3.63, 3.8) is 0 Å². The van der Waals surface area contributed by atoms with Gasteiger partial charge in [0.15, 0.2) is 11.6 Å². The molecule has 2 heterocycles. The van der Waals surface area contributed by atoms with Crippen LogP contribution in [0.2, 0.25) is 5.02 Å². The van der Waals surface area contributed by atoms with Crippen LogP contribution in [0.5, 0.6) is 5.75 Å². The van der Waals surface area contributed by atoms with E-state index in [4.69, 9.17) is 28.0 Å². The minimum Gasteiger partial charge on any atom is -0.490 e. The van der Waals surface area contributed by atoms with Crippen molar-refractivity contribution < 1.29 is 19.4 Å². The molecular weight excluding hydrogens is 456 g/mol. The van der Waals surface area contributed by atoms with E-state index in [-0.39, 0.29) is 23.7 Å².